The first-order chi connectivity index (χ1) is 58.2. The van der Waals surface area contributed by atoms with Crippen molar-refractivity contribution in [1.82, 2.24) is 21.3 Å². The highest BCUT2D eigenvalue weighted by atomic mass is 16.8. The predicted molar refractivity (Wildman–Crippen MR) is 376 cm³/mol. The van der Waals surface area contributed by atoms with Crippen molar-refractivity contribution in [3.05, 3.63) is 0 Å². The number of aliphatic hydroxyl groups excluding tert-OH is 28. The van der Waals surface area contributed by atoms with E-state index in [0.29, 0.717) is 0 Å². The standard InChI is InChI=1S/C68H114N4O51/c1-15(81)69-29-38(90)52(117-64-47(99)42(94)33(85)19(5-73)108-64)23(9-77)111-60(29)105-13-27-36(88)57(122-62-31(71-17(3)83)40(92)54(25(11-79)113-62)119-66-49(101)44(96)35(87)21(7-75)110-66)50(102)67(115-27)120-55-26(12-80)114-63(32(41(55)93)72-18(4)84)123-58-37(89)28(116-68(51(58)103)121-56-22(8-76)107-59(104)46(98)45(56)97)14-106-61-30(70-16(2)82)39(91)53(24(10-78)112-61)118-65-48(100)43(95)34(86)20(6-74)109-65/h19-68,73-80,85-104H,5-14H2,1-4H3,(H,69,81)(H,70,82)(H,71,83)(H,72,84)/t19-,20-,21-,22-,23-,24-,25-,26-,27-,28-,29-,30-,31-,32-,33+,34+,35+,36+,37+,38-,39-,40-,41-,42+,43+,44+,45-,46-,47-,48-,49-,50-,51-,52-,53-,54-,55-,56-,57+,58+,59?,60-,61-,62+,63+,64+,65+,66+,67+,68+/m1/s1. The van der Waals surface area contributed by atoms with E-state index in [4.69, 9.17) is 90.0 Å². The van der Waals surface area contributed by atoms with Crippen molar-refractivity contribution in [2.45, 2.75) is 335 Å². The maximum absolute atomic E-state index is 13.4. The van der Waals surface area contributed by atoms with Gasteiger partial charge in [0.05, 0.1) is 66.1 Å². The van der Waals surface area contributed by atoms with Gasteiger partial charge in [-0.2, -0.15) is 0 Å². The minimum absolute atomic E-state index is 0.879. The molecule has 0 spiro atoms. The third kappa shape index (κ3) is 22.4. The van der Waals surface area contributed by atoms with Crippen LogP contribution < -0.4 is 21.3 Å². The largest absolute Gasteiger partial charge is 0.394 e. The molecule has 0 radical (unpaired) electrons. The van der Waals surface area contributed by atoms with Gasteiger partial charge in [0.15, 0.2) is 62.9 Å². The Morgan fingerprint density at radius 1 is 0.211 bits per heavy atom. The van der Waals surface area contributed by atoms with Crippen molar-refractivity contribution < 1.29 is 252 Å². The fourth-order valence-electron chi connectivity index (χ4n) is 15.9. The first kappa shape index (κ1) is 101. The minimum Gasteiger partial charge on any atom is -0.394 e. The van der Waals surface area contributed by atoms with Gasteiger partial charge in [0, 0.05) is 27.7 Å². The van der Waals surface area contributed by atoms with Crippen LogP contribution in [0.1, 0.15) is 27.7 Å². The Kier molecular flexibility index (Phi) is 36.4. The van der Waals surface area contributed by atoms with Gasteiger partial charge in [0.25, 0.3) is 0 Å². The molecule has 50 atom stereocenters. The summed E-state index contributed by atoms with van der Waals surface area (Å²) in [5.41, 5.74) is 0. The molecule has 10 aliphatic heterocycles. The van der Waals surface area contributed by atoms with Crippen LogP contribution in [0.3, 0.4) is 0 Å². The first-order valence-corrected chi connectivity index (χ1v) is 39.1. The molecule has 712 valence electrons. The smallest absolute Gasteiger partial charge is 0.217 e. The molecule has 10 aliphatic rings. The number of hydrogen-bond acceptors (Lipinski definition) is 51. The van der Waals surface area contributed by atoms with E-state index in [1.54, 1.807) is 0 Å². The van der Waals surface area contributed by atoms with Crippen molar-refractivity contribution in [3.63, 3.8) is 0 Å². The molecule has 10 rings (SSSR count). The van der Waals surface area contributed by atoms with Gasteiger partial charge >= 0.3 is 0 Å². The van der Waals surface area contributed by atoms with E-state index in [2.05, 4.69) is 21.3 Å². The average Bonchev–Trinajstić information content (AvgIpc) is 0.757. The van der Waals surface area contributed by atoms with Gasteiger partial charge in [-0.3, -0.25) is 19.2 Å². The van der Waals surface area contributed by atoms with E-state index < -0.39 is 397 Å². The number of carbonyl (C=O) groups excluding carboxylic acids is 4. The lowest BCUT2D eigenvalue weighted by Gasteiger charge is -2.51. The highest BCUT2D eigenvalue weighted by Gasteiger charge is 2.62. The highest BCUT2D eigenvalue weighted by molar-refractivity contribution is 5.74. The number of amides is 4. The minimum atomic E-state index is -2.55. The summed E-state index contributed by atoms with van der Waals surface area (Å²) in [5.74, 6) is -3.84. The second-order valence-electron chi connectivity index (χ2n) is 31.0. The normalized spacial score (nSPS) is 49.4. The molecule has 55 heteroatoms. The quantitative estimate of drug-likeness (QED) is 0.0297. The highest BCUT2D eigenvalue weighted by Crippen LogP contribution is 2.40. The van der Waals surface area contributed by atoms with Crippen molar-refractivity contribution in [1.29, 1.82) is 0 Å². The summed E-state index contributed by atoms with van der Waals surface area (Å²) in [7, 11) is 0. The molecular weight excluding hydrogens is 1690 g/mol. The number of aliphatic hydroxyl groups is 28. The average molecular weight is 1800 g/mol. The van der Waals surface area contributed by atoms with E-state index in [0.717, 1.165) is 27.7 Å². The lowest BCUT2D eigenvalue weighted by atomic mass is 9.93. The summed E-state index contributed by atoms with van der Waals surface area (Å²) in [6.07, 6.45) is -95.3. The summed E-state index contributed by atoms with van der Waals surface area (Å²) in [6, 6.07) is -7.76. The fourth-order valence-corrected chi connectivity index (χ4v) is 15.9. The molecule has 0 aliphatic carbocycles. The topological polar surface area (TPSA) is 858 Å². The Morgan fingerprint density at radius 3 is 0.683 bits per heavy atom. The Hall–Kier alpha value is -4.00. The van der Waals surface area contributed by atoms with E-state index in [9.17, 15) is 162 Å². The van der Waals surface area contributed by atoms with Gasteiger partial charge in [-0.25, -0.2) is 0 Å². The third-order valence-corrected chi connectivity index (χ3v) is 22.4. The second-order valence-corrected chi connectivity index (χ2v) is 31.0. The second kappa shape index (κ2) is 44.3. The molecule has 123 heavy (non-hydrogen) atoms. The van der Waals surface area contributed by atoms with Crippen LogP contribution in [-0.2, 0) is 109 Å². The summed E-state index contributed by atoms with van der Waals surface area (Å²) >= 11 is 0. The molecule has 10 fully saturated rings. The first-order valence-electron chi connectivity index (χ1n) is 39.1. The zero-order valence-electron chi connectivity index (χ0n) is 65.9. The monoisotopic (exact) mass is 1800 g/mol. The van der Waals surface area contributed by atoms with Crippen LogP contribution in [-0.4, -0.2) is 539 Å². The van der Waals surface area contributed by atoms with Gasteiger partial charge in [-0.15, -0.1) is 0 Å². The molecule has 0 aromatic carbocycles. The maximum atomic E-state index is 13.4. The summed E-state index contributed by atoms with van der Waals surface area (Å²) in [4.78, 5) is 52.1. The van der Waals surface area contributed by atoms with Gasteiger partial charge < -0.3 is 254 Å². The molecule has 4 amide bonds. The number of nitrogens with one attached hydrogen (secondary N) is 4. The van der Waals surface area contributed by atoms with Crippen LogP contribution in [0.15, 0.2) is 0 Å². The summed E-state index contributed by atoms with van der Waals surface area (Å²) in [5, 5.41) is 319. The van der Waals surface area contributed by atoms with E-state index in [1.165, 1.54) is 0 Å². The van der Waals surface area contributed by atoms with Crippen molar-refractivity contribution in [2.75, 3.05) is 66.1 Å². The Balaban J connectivity index is 0.951. The molecule has 55 nitrogen and oxygen atoms in total. The lowest BCUT2D eigenvalue weighted by molar-refractivity contribution is -0.390. The van der Waals surface area contributed by atoms with Crippen molar-refractivity contribution >= 4 is 23.6 Å². The Morgan fingerprint density at radius 2 is 0.423 bits per heavy atom. The van der Waals surface area contributed by atoms with Crippen molar-refractivity contribution in [2.24, 2.45) is 0 Å². The van der Waals surface area contributed by atoms with Gasteiger partial charge in [-0.05, 0) is 0 Å². The Bertz CT molecular complexity index is 3300. The Labute approximate surface area is 695 Å². The van der Waals surface area contributed by atoms with E-state index >= 15 is 0 Å². The molecule has 32 N–H and O–H groups in total. The van der Waals surface area contributed by atoms with Crippen molar-refractivity contribution in [3.8, 4) is 0 Å². The zero-order chi connectivity index (χ0) is 90.5. The number of carbonyl (C=O) groups is 4. The maximum Gasteiger partial charge on any atom is 0.217 e. The van der Waals surface area contributed by atoms with Gasteiger partial charge in [-0.1, -0.05) is 0 Å². The predicted octanol–water partition coefficient (Wildman–Crippen LogP) is -22.2. The van der Waals surface area contributed by atoms with Crippen LogP contribution in [0, 0.1) is 0 Å². The number of rotatable bonds is 32. The van der Waals surface area contributed by atoms with Crippen LogP contribution in [0.5, 0.6) is 0 Å². The molecule has 0 aromatic rings. The molecule has 10 saturated heterocycles. The van der Waals surface area contributed by atoms with Crippen LogP contribution in [0.2, 0.25) is 0 Å². The van der Waals surface area contributed by atoms with Gasteiger partial charge in [0.1, 0.15) is 244 Å². The zero-order valence-corrected chi connectivity index (χ0v) is 65.9. The SMILES string of the molecule is CC(=O)N[C@H]1[C@H](OC[C@H]2O[C@@H](O[C@H]3[C@H](O)[C@@H](NC(C)=O)[C@H](O[C@H]4[C@@H](O)[C@@H](CO[C@@H]5O[C@H](CO)[C@@H](O[C@@H]6O[C@H](CO)[C@H](O)[C@H](O)[C@H]6O)[C@H](O)[C@H]5NC(C)=O)O[C@@H](O[C@H]5[C@H](O)[C@@H](O)C(O)O[C@@H]5CO)[C@@H]4O)O[C@@H]3CO)[C@H](O)[C@@H](O[C@@H]3O[C@H](CO)[C@@H](O[C@@H]4O[C@H](CO)[C@H](O)[C@H](O)[C@H]4O)[C@H](O)[C@H]3NC(C)=O)[C@H]2O)O[C@H](CO)[C@@H](O[C@@H]2O[C@H](CO)[C@H](O)[C@H](O)[C@H]2O)[C@@H]1O. The summed E-state index contributed by atoms with van der Waals surface area (Å²) in [6.45, 7) is -7.08. The fraction of sp³-hybridized carbons (Fsp3) is 0.941. The number of ether oxygens (including phenoxy) is 19. The molecule has 1 unspecified atom stereocenters. The number of hydrogen-bond donors (Lipinski definition) is 32. The van der Waals surface area contributed by atoms with Crippen LogP contribution in [0.25, 0.3) is 0 Å². The third-order valence-electron chi connectivity index (χ3n) is 22.4. The van der Waals surface area contributed by atoms with Crippen LogP contribution in [0.4, 0.5) is 0 Å². The summed E-state index contributed by atoms with van der Waals surface area (Å²) < 4.78 is 112. The van der Waals surface area contributed by atoms with Crippen LogP contribution >= 0.6 is 0 Å². The molecule has 0 saturated carbocycles. The molecule has 10 heterocycles. The molecule has 0 aromatic heterocycles. The lowest BCUT2D eigenvalue weighted by Crippen LogP contribution is -2.71. The van der Waals surface area contributed by atoms with Gasteiger partial charge in [0.2, 0.25) is 23.6 Å². The van der Waals surface area contributed by atoms with E-state index in [1.807, 2.05) is 0 Å². The van der Waals surface area contributed by atoms with E-state index in [-0.39, 0.29) is 0 Å². The molecule has 0 bridgehead atoms. The molecular formula is C68H114N4O51.